The highest BCUT2D eigenvalue weighted by atomic mass is 19.3. The summed E-state index contributed by atoms with van der Waals surface area (Å²) in [4.78, 5) is 0. The Bertz CT molecular complexity index is 497. The molecule has 0 aliphatic carbocycles. The van der Waals surface area contributed by atoms with E-state index >= 15 is 0 Å². The maximum atomic E-state index is 13.0. The van der Waals surface area contributed by atoms with Gasteiger partial charge in [-0.25, -0.2) is 0 Å². The van der Waals surface area contributed by atoms with Crippen LogP contribution in [0.3, 0.4) is 0 Å². The molecule has 7 heteroatoms. The molecule has 1 aliphatic rings. The van der Waals surface area contributed by atoms with Gasteiger partial charge in [-0.1, -0.05) is 6.07 Å². The van der Waals surface area contributed by atoms with Crippen molar-refractivity contribution in [2.45, 2.75) is 38.0 Å². The fraction of sp³-hybridized carbons (Fsp3) is 0.500. The molecule has 0 amide bonds. The maximum Gasteiger partial charge on any atom is 0.507 e. The van der Waals surface area contributed by atoms with Crippen LogP contribution in [0.4, 0.5) is 17.6 Å². The molecule has 0 spiro atoms. The predicted molar refractivity (Wildman–Crippen MR) is 59.6 cm³/mol. The molecule has 2 rings (SSSR count). The average molecular weight is 279 g/mol. The molecule has 106 valence electrons. The second kappa shape index (κ2) is 4.00. The van der Waals surface area contributed by atoms with Crippen molar-refractivity contribution in [3.8, 4) is 11.5 Å². The molecule has 1 aliphatic heterocycles. The van der Waals surface area contributed by atoms with Gasteiger partial charge in [0.25, 0.3) is 0 Å². The van der Waals surface area contributed by atoms with E-state index in [4.69, 9.17) is 5.73 Å². The van der Waals surface area contributed by atoms with Crippen molar-refractivity contribution < 1.29 is 27.0 Å². The maximum absolute atomic E-state index is 13.0. The normalized spacial score (nSPS) is 20.2. The summed E-state index contributed by atoms with van der Waals surface area (Å²) in [6.07, 6.45) is -9.00. The van der Waals surface area contributed by atoms with Crippen LogP contribution in [0.5, 0.6) is 11.5 Å². The third kappa shape index (κ3) is 2.75. The van der Waals surface area contributed by atoms with Gasteiger partial charge in [0.15, 0.2) is 11.5 Å². The first kappa shape index (κ1) is 13.9. The lowest BCUT2D eigenvalue weighted by Gasteiger charge is -2.32. The van der Waals surface area contributed by atoms with Crippen LogP contribution in [0.25, 0.3) is 0 Å². The van der Waals surface area contributed by atoms with Gasteiger partial charge in [0, 0.05) is 5.54 Å². The molecule has 2 N–H and O–H groups in total. The molecule has 1 aromatic rings. The monoisotopic (exact) mass is 279 g/mol. The quantitative estimate of drug-likeness (QED) is 0.846. The first-order chi connectivity index (χ1) is 8.50. The Morgan fingerprint density at radius 2 is 1.58 bits per heavy atom. The molecule has 3 nitrogen and oxygen atoms in total. The highest BCUT2D eigenvalue weighted by Gasteiger charge is 2.65. The van der Waals surface area contributed by atoms with E-state index in [1.165, 1.54) is 18.2 Å². The van der Waals surface area contributed by atoms with Crippen molar-refractivity contribution in [3.05, 3.63) is 23.8 Å². The second-order valence-electron chi connectivity index (χ2n) is 5.18. The summed E-state index contributed by atoms with van der Waals surface area (Å²) in [6, 6.07) is 3.88. The molecule has 0 bridgehead atoms. The lowest BCUT2D eigenvalue weighted by atomic mass is 9.96. The van der Waals surface area contributed by atoms with Crippen LogP contribution in [0, 0.1) is 0 Å². The minimum atomic E-state index is -4.70. The van der Waals surface area contributed by atoms with Crippen LogP contribution in [-0.2, 0) is 6.42 Å². The summed E-state index contributed by atoms with van der Waals surface area (Å²) in [5.41, 5.74) is 5.83. The zero-order chi connectivity index (χ0) is 14.5. The van der Waals surface area contributed by atoms with Crippen LogP contribution >= 0.6 is 0 Å². The Balaban J connectivity index is 2.33. The van der Waals surface area contributed by atoms with Crippen LogP contribution in [0.15, 0.2) is 18.2 Å². The highest BCUT2D eigenvalue weighted by molar-refractivity contribution is 5.45. The summed E-state index contributed by atoms with van der Waals surface area (Å²) in [7, 11) is 0. The van der Waals surface area contributed by atoms with Crippen molar-refractivity contribution in [1.29, 1.82) is 0 Å². The van der Waals surface area contributed by atoms with E-state index in [1.807, 2.05) is 0 Å². The number of halogens is 4. The van der Waals surface area contributed by atoms with Gasteiger partial charge in [-0.15, -0.1) is 0 Å². The van der Waals surface area contributed by atoms with Gasteiger partial charge in [0.1, 0.15) is 0 Å². The Kier molecular flexibility index (Phi) is 2.93. The molecule has 0 atom stereocenters. The third-order valence-corrected chi connectivity index (χ3v) is 2.48. The van der Waals surface area contributed by atoms with Gasteiger partial charge in [-0.2, -0.15) is 17.6 Å². The highest BCUT2D eigenvalue weighted by Crippen LogP contribution is 2.47. The molecule has 1 heterocycles. The topological polar surface area (TPSA) is 44.5 Å². The molecule has 0 fully saturated rings. The van der Waals surface area contributed by atoms with Gasteiger partial charge < -0.3 is 15.2 Å². The fourth-order valence-electron chi connectivity index (χ4n) is 1.75. The third-order valence-electron chi connectivity index (χ3n) is 2.48. The Labute approximate surface area is 107 Å². The second-order valence-corrected chi connectivity index (χ2v) is 5.18. The molecule has 0 radical (unpaired) electrons. The first-order valence-electron chi connectivity index (χ1n) is 5.56. The van der Waals surface area contributed by atoms with Gasteiger partial charge in [0.2, 0.25) is 0 Å². The fourth-order valence-corrected chi connectivity index (χ4v) is 1.75. The van der Waals surface area contributed by atoms with Crippen LogP contribution < -0.4 is 15.2 Å². The SMILES string of the molecule is CC(C)(N)Cc1ccc2c(c1)OC(F)(F)C(F)(F)O2. The largest absolute Gasteiger partial charge is 0.507 e. The summed E-state index contributed by atoms with van der Waals surface area (Å²) >= 11 is 0. The van der Waals surface area contributed by atoms with Crippen molar-refractivity contribution >= 4 is 0 Å². The molecule has 1 aromatic carbocycles. The van der Waals surface area contributed by atoms with Crippen molar-refractivity contribution in [2.75, 3.05) is 0 Å². The number of ether oxygens (including phenoxy) is 2. The van der Waals surface area contributed by atoms with E-state index < -0.39 is 29.3 Å². The molecule has 19 heavy (non-hydrogen) atoms. The molecular weight excluding hydrogens is 266 g/mol. The zero-order valence-electron chi connectivity index (χ0n) is 10.3. The Hall–Kier alpha value is -1.50. The predicted octanol–water partition coefficient (Wildman–Crippen LogP) is 2.92. The first-order valence-corrected chi connectivity index (χ1v) is 5.56. The number of hydrogen-bond donors (Lipinski definition) is 1. The molecule has 0 saturated carbocycles. The summed E-state index contributed by atoms with van der Waals surface area (Å²) in [5.74, 6) is -0.841. The summed E-state index contributed by atoms with van der Waals surface area (Å²) in [6.45, 7) is 3.51. The van der Waals surface area contributed by atoms with Gasteiger partial charge in [0.05, 0.1) is 0 Å². The van der Waals surface area contributed by atoms with E-state index in [0.717, 1.165) is 0 Å². The molecule has 0 unspecified atom stereocenters. The molecule has 0 saturated heterocycles. The number of fused-ring (bicyclic) bond motifs is 1. The Morgan fingerprint density at radius 3 is 2.11 bits per heavy atom. The Morgan fingerprint density at radius 1 is 1.05 bits per heavy atom. The zero-order valence-corrected chi connectivity index (χ0v) is 10.3. The van der Waals surface area contributed by atoms with E-state index in [9.17, 15) is 17.6 Å². The van der Waals surface area contributed by atoms with E-state index in [1.54, 1.807) is 13.8 Å². The lowest BCUT2D eigenvalue weighted by molar-refractivity contribution is -0.391. The lowest BCUT2D eigenvalue weighted by Crippen LogP contribution is -2.52. The summed E-state index contributed by atoms with van der Waals surface area (Å²) in [5, 5.41) is 0. The van der Waals surface area contributed by atoms with E-state index in [-0.39, 0.29) is 0 Å². The van der Waals surface area contributed by atoms with E-state index in [0.29, 0.717) is 12.0 Å². The number of nitrogens with two attached hydrogens (primary N) is 1. The van der Waals surface area contributed by atoms with Crippen molar-refractivity contribution in [3.63, 3.8) is 0 Å². The number of alkyl halides is 4. The molecule has 0 aromatic heterocycles. The minimum Gasteiger partial charge on any atom is -0.421 e. The minimum absolute atomic E-state index is 0.381. The van der Waals surface area contributed by atoms with Crippen LogP contribution in [0.2, 0.25) is 0 Å². The van der Waals surface area contributed by atoms with Crippen LogP contribution in [0.1, 0.15) is 19.4 Å². The number of rotatable bonds is 2. The van der Waals surface area contributed by atoms with Gasteiger partial charge in [-0.3, -0.25) is 0 Å². The van der Waals surface area contributed by atoms with E-state index in [2.05, 4.69) is 9.47 Å². The van der Waals surface area contributed by atoms with Crippen molar-refractivity contribution in [1.82, 2.24) is 0 Å². The summed E-state index contributed by atoms with van der Waals surface area (Å²) < 4.78 is 59.9. The smallest absolute Gasteiger partial charge is 0.421 e. The molecular formula is C12H13F4NO2. The number of hydrogen-bond acceptors (Lipinski definition) is 3. The van der Waals surface area contributed by atoms with Gasteiger partial charge >= 0.3 is 12.2 Å². The van der Waals surface area contributed by atoms with Gasteiger partial charge in [-0.05, 0) is 38.0 Å². The standard InChI is InChI=1S/C12H13F4NO2/c1-10(2,17)6-7-3-4-8-9(5-7)19-12(15,16)11(13,14)18-8/h3-5H,6,17H2,1-2H3. The number of benzene rings is 1. The van der Waals surface area contributed by atoms with Crippen LogP contribution in [-0.4, -0.2) is 17.8 Å². The average Bonchev–Trinajstić information content (AvgIpc) is 2.17. The van der Waals surface area contributed by atoms with Crippen molar-refractivity contribution in [2.24, 2.45) is 5.73 Å².